The van der Waals surface area contributed by atoms with E-state index in [0.29, 0.717) is 16.7 Å². The van der Waals surface area contributed by atoms with Crippen molar-refractivity contribution in [3.63, 3.8) is 0 Å². The first-order chi connectivity index (χ1) is 7.70. The van der Waals surface area contributed by atoms with Crippen LogP contribution in [0.4, 0.5) is 8.78 Å². The van der Waals surface area contributed by atoms with Crippen molar-refractivity contribution >= 4 is 0 Å². The fourth-order valence-electron chi connectivity index (χ4n) is 1.52. The monoisotopic (exact) mass is 214 g/mol. The molecular weight excluding hydrogens is 206 g/mol. The quantitative estimate of drug-likeness (QED) is 0.636. The van der Waals surface area contributed by atoms with E-state index >= 15 is 0 Å². The highest BCUT2D eigenvalue weighted by Gasteiger charge is 2.06. The Morgan fingerprint density at radius 1 is 1.00 bits per heavy atom. The number of benzene rings is 2. The molecule has 0 radical (unpaired) electrons. The minimum Gasteiger partial charge on any atom is -0.207 e. The summed E-state index contributed by atoms with van der Waals surface area (Å²) in [5.41, 5.74) is 1.20. The van der Waals surface area contributed by atoms with Crippen molar-refractivity contribution < 1.29 is 8.78 Å². The van der Waals surface area contributed by atoms with E-state index in [4.69, 9.17) is 6.42 Å². The predicted molar refractivity (Wildman–Crippen MR) is 59.7 cm³/mol. The van der Waals surface area contributed by atoms with Crippen LogP contribution in [0.5, 0.6) is 0 Å². The number of rotatable bonds is 1. The van der Waals surface area contributed by atoms with Gasteiger partial charge in [0.15, 0.2) is 0 Å². The second kappa shape index (κ2) is 4.16. The normalized spacial score (nSPS) is 9.81. The summed E-state index contributed by atoms with van der Waals surface area (Å²) in [5.74, 6) is 1.48. The Morgan fingerprint density at radius 2 is 1.75 bits per heavy atom. The van der Waals surface area contributed by atoms with Gasteiger partial charge >= 0.3 is 0 Å². The van der Waals surface area contributed by atoms with Gasteiger partial charge in [-0.25, -0.2) is 8.78 Å². The van der Waals surface area contributed by atoms with Gasteiger partial charge in [0.2, 0.25) is 0 Å². The molecule has 16 heavy (non-hydrogen) atoms. The van der Waals surface area contributed by atoms with Gasteiger partial charge in [0.05, 0.1) is 0 Å². The van der Waals surface area contributed by atoms with Crippen molar-refractivity contribution in [2.24, 2.45) is 0 Å². The lowest BCUT2D eigenvalue weighted by Crippen LogP contribution is -1.87. The van der Waals surface area contributed by atoms with Crippen LogP contribution in [0, 0.1) is 24.0 Å². The molecule has 2 aromatic rings. The summed E-state index contributed by atoms with van der Waals surface area (Å²) in [6.07, 6.45) is 5.19. The number of halogens is 2. The summed E-state index contributed by atoms with van der Waals surface area (Å²) < 4.78 is 26.7. The van der Waals surface area contributed by atoms with E-state index in [1.807, 2.05) is 0 Å². The Labute approximate surface area is 92.5 Å². The highest BCUT2D eigenvalue weighted by Crippen LogP contribution is 2.24. The number of hydrogen-bond acceptors (Lipinski definition) is 0. The van der Waals surface area contributed by atoms with E-state index in [-0.39, 0.29) is 0 Å². The summed E-state index contributed by atoms with van der Waals surface area (Å²) in [4.78, 5) is 0. The summed E-state index contributed by atoms with van der Waals surface area (Å²) in [6.45, 7) is 0. The SMILES string of the molecule is C#Cc1cc(F)cc(-c2ccccc2F)c1. The van der Waals surface area contributed by atoms with Crippen LogP contribution in [-0.4, -0.2) is 0 Å². The molecule has 2 heteroatoms. The number of terminal acetylenes is 1. The van der Waals surface area contributed by atoms with Gasteiger partial charge in [-0.2, -0.15) is 0 Å². The molecule has 0 saturated carbocycles. The van der Waals surface area contributed by atoms with Crippen LogP contribution >= 0.6 is 0 Å². The maximum absolute atomic E-state index is 13.5. The van der Waals surface area contributed by atoms with Crippen molar-refractivity contribution in [3.8, 4) is 23.5 Å². The molecule has 0 unspecified atom stereocenters. The van der Waals surface area contributed by atoms with Gasteiger partial charge in [0.1, 0.15) is 11.6 Å². The molecule has 0 nitrogen and oxygen atoms in total. The van der Waals surface area contributed by atoms with E-state index < -0.39 is 11.6 Å². The minimum absolute atomic E-state index is 0.346. The molecule has 0 N–H and O–H groups in total. The third-order valence-corrected chi connectivity index (χ3v) is 2.25. The molecule has 0 atom stereocenters. The minimum atomic E-state index is -0.464. The maximum atomic E-state index is 13.5. The predicted octanol–water partition coefficient (Wildman–Crippen LogP) is 3.61. The Bertz CT molecular complexity index is 565. The van der Waals surface area contributed by atoms with Crippen LogP contribution in [0.2, 0.25) is 0 Å². The van der Waals surface area contributed by atoms with Crippen molar-refractivity contribution in [2.45, 2.75) is 0 Å². The van der Waals surface area contributed by atoms with Gasteiger partial charge in [0.25, 0.3) is 0 Å². The van der Waals surface area contributed by atoms with E-state index in [1.54, 1.807) is 24.3 Å². The highest BCUT2D eigenvalue weighted by atomic mass is 19.1. The third kappa shape index (κ3) is 1.94. The molecule has 78 valence electrons. The molecule has 2 rings (SSSR count). The molecule has 2 aromatic carbocycles. The van der Waals surface area contributed by atoms with Crippen LogP contribution in [-0.2, 0) is 0 Å². The lowest BCUT2D eigenvalue weighted by Gasteiger charge is -2.04. The molecule has 0 amide bonds. The number of hydrogen-bond donors (Lipinski definition) is 0. The first kappa shape index (κ1) is 10.4. The zero-order valence-corrected chi connectivity index (χ0v) is 8.37. The molecule has 0 bridgehead atoms. The van der Waals surface area contributed by atoms with Gasteiger partial charge in [0, 0.05) is 11.1 Å². The first-order valence-corrected chi connectivity index (χ1v) is 4.73. The Hall–Kier alpha value is -2.14. The molecule has 0 fully saturated rings. The molecule has 0 aromatic heterocycles. The summed E-state index contributed by atoms with van der Waals surface area (Å²) >= 11 is 0. The van der Waals surface area contributed by atoms with E-state index in [0.717, 1.165) is 0 Å². The molecular formula is C14H8F2. The van der Waals surface area contributed by atoms with E-state index in [9.17, 15) is 8.78 Å². The smallest absolute Gasteiger partial charge is 0.131 e. The molecule has 0 saturated heterocycles. The van der Waals surface area contributed by atoms with Gasteiger partial charge < -0.3 is 0 Å². The average molecular weight is 214 g/mol. The molecule has 0 aliphatic heterocycles. The molecule has 0 aliphatic carbocycles. The van der Waals surface area contributed by atoms with Gasteiger partial charge in [-0.15, -0.1) is 6.42 Å². The Kier molecular flexibility index (Phi) is 2.70. The third-order valence-electron chi connectivity index (χ3n) is 2.25. The Balaban J connectivity index is 2.61. The van der Waals surface area contributed by atoms with Crippen LogP contribution < -0.4 is 0 Å². The maximum Gasteiger partial charge on any atom is 0.131 e. The van der Waals surface area contributed by atoms with Gasteiger partial charge in [-0.3, -0.25) is 0 Å². The van der Waals surface area contributed by atoms with Crippen LogP contribution in [0.3, 0.4) is 0 Å². The fraction of sp³-hybridized carbons (Fsp3) is 0. The van der Waals surface area contributed by atoms with Crippen LogP contribution in [0.1, 0.15) is 5.56 Å². The summed E-state index contributed by atoms with van der Waals surface area (Å²) in [6, 6.07) is 10.3. The zero-order chi connectivity index (χ0) is 11.5. The topological polar surface area (TPSA) is 0 Å². The van der Waals surface area contributed by atoms with Crippen molar-refractivity contribution in [3.05, 3.63) is 59.7 Å². The van der Waals surface area contributed by atoms with Crippen molar-refractivity contribution in [1.82, 2.24) is 0 Å². The summed E-state index contributed by atoms with van der Waals surface area (Å²) in [5, 5.41) is 0. The van der Waals surface area contributed by atoms with Crippen molar-refractivity contribution in [2.75, 3.05) is 0 Å². The molecule has 0 spiro atoms. The van der Waals surface area contributed by atoms with E-state index in [1.165, 1.54) is 18.2 Å². The van der Waals surface area contributed by atoms with Crippen LogP contribution in [0.25, 0.3) is 11.1 Å². The lowest BCUT2D eigenvalue weighted by atomic mass is 10.0. The second-order valence-corrected chi connectivity index (χ2v) is 3.35. The van der Waals surface area contributed by atoms with Gasteiger partial charge in [-0.05, 0) is 29.8 Å². The van der Waals surface area contributed by atoms with Crippen molar-refractivity contribution in [1.29, 1.82) is 0 Å². The fourth-order valence-corrected chi connectivity index (χ4v) is 1.52. The standard InChI is InChI=1S/C14H8F2/c1-2-10-7-11(9-12(15)8-10)13-5-3-4-6-14(13)16/h1,3-9H. The van der Waals surface area contributed by atoms with Gasteiger partial charge in [-0.1, -0.05) is 24.1 Å². The Morgan fingerprint density at radius 3 is 2.44 bits per heavy atom. The largest absolute Gasteiger partial charge is 0.207 e. The lowest BCUT2D eigenvalue weighted by molar-refractivity contribution is 0.624. The van der Waals surface area contributed by atoms with Crippen LogP contribution in [0.15, 0.2) is 42.5 Å². The summed E-state index contributed by atoms with van der Waals surface area (Å²) in [7, 11) is 0. The molecule has 0 heterocycles. The highest BCUT2D eigenvalue weighted by molar-refractivity contribution is 5.66. The second-order valence-electron chi connectivity index (χ2n) is 3.35. The average Bonchev–Trinajstić information content (AvgIpc) is 2.28. The zero-order valence-electron chi connectivity index (χ0n) is 8.37. The first-order valence-electron chi connectivity index (χ1n) is 4.73. The van der Waals surface area contributed by atoms with E-state index in [2.05, 4.69) is 5.92 Å². The molecule has 0 aliphatic rings.